The maximum absolute atomic E-state index is 13.4. The van der Waals surface area contributed by atoms with Crippen LogP contribution in [0.2, 0.25) is 0 Å². The smallest absolute Gasteiger partial charge is 0.318 e. The van der Waals surface area contributed by atoms with Crippen molar-refractivity contribution in [2.75, 3.05) is 39.0 Å². The van der Waals surface area contributed by atoms with Crippen LogP contribution in [0.15, 0.2) is 41.6 Å². The minimum absolute atomic E-state index is 0.00945. The molecule has 0 radical (unpaired) electrons. The highest BCUT2D eigenvalue weighted by molar-refractivity contribution is 8.33. The minimum Gasteiger partial charge on any atom is -0.400 e. The molecule has 3 amide bonds. The van der Waals surface area contributed by atoms with Gasteiger partial charge in [-0.3, -0.25) is 10.2 Å². The van der Waals surface area contributed by atoms with E-state index in [2.05, 4.69) is 29.4 Å². The van der Waals surface area contributed by atoms with Crippen molar-refractivity contribution in [1.29, 1.82) is 5.41 Å². The maximum atomic E-state index is 13.4. The van der Waals surface area contributed by atoms with Gasteiger partial charge in [0.1, 0.15) is 5.84 Å². The normalized spacial score (nSPS) is 20.1. The predicted molar refractivity (Wildman–Crippen MR) is 144 cm³/mol. The second-order valence-electron chi connectivity index (χ2n) is 10.7. The van der Waals surface area contributed by atoms with Crippen molar-refractivity contribution in [1.82, 2.24) is 15.5 Å². The van der Waals surface area contributed by atoms with Crippen molar-refractivity contribution >= 4 is 27.8 Å². The summed E-state index contributed by atoms with van der Waals surface area (Å²) in [6.45, 7) is 4.39. The van der Waals surface area contributed by atoms with E-state index < -0.39 is 20.3 Å². The van der Waals surface area contributed by atoms with E-state index in [1.807, 2.05) is 44.2 Å². The van der Waals surface area contributed by atoms with Crippen LogP contribution in [0.4, 0.5) is 4.79 Å². The number of ether oxygens (including phenoxy) is 1. The fourth-order valence-electron chi connectivity index (χ4n) is 4.88. The Kier molecular flexibility index (Phi) is 7.91. The average Bonchev–Trinajstić information content (AvgIpc) is 2.99. The van der Waals surface area contributed by atoms with Gasteiger partial charge in [0, 0.05) is 25.0 Å². The third-order valence-corrected chi connectivity index (χ3v) is 10.6. The molecule has 1 saturated carbocycles. The van der Waals surface area contributed by atoms with Gasteiger partial charge >= 0.3 is 6.03 Å². The highest BCUT2D eigenvalue weighted by Crippen LogP contribution is 2.60. The second kappa shape index (κ2) is 10.2. The third-order valence-electron chi connectivity index (χ3n) is 7.62. The summed E-state index contributed by atoms with van der Waals surface area (Å²) < 4.78 is 4.85. The number of nitrogens with one attached hydrogen (secondary N) is 3. The molecule has 1 unspecified atom stereocenters. The molecule has 1 aromatic carbocycles. The second-order valence-corrected chi connectivity index (χ2v) is 15.2. The Labute approximate surface area is 210 Å². The summed E-state index contributed by atoms with van der Waals surface area (Å²) in [5, 5.41) is 14.6. The average molecular weight is 504 g/mol. The van der Waals surface area contributed by atoms with Crippen LogP contribution in [0.25, 0.3) is 0 Å². The number of urea groups is 1. The Morgan fingerprint density at radius 3 is 2.34 bits per heavy atom. The fraction of sp³-hybridized carbons (Fsp3) is 0.577. The molecule has 35 heavy (non-hydrogen) atoms. The van der Waals surface area contributed by atoms with Crippen LogP contribution in [0.5, 0.6) is 0 Å². The summed E-state index contributed by atoms with van der Waals surface area (Å²) in [7, 11) is 0.493. The van der Waals surface area contributed by atoms with Crippen molar-refractivity contribution in [3.05, 3.63) is 47.2 Å². The van der Waals surface area contributed by atoms with Gasteiger partial charge < -0.3 is 26.0 Å². The van der Waals surface area contributed by atoms with Gasteiger partial charge in [-0.15, -0.1) is 0 Å². The van der Waals surface area contributed by atoms with Gasteiger partial charge in [-0.1, -0.05) is 30.3 Å². The van der Waals surface area contributed by atoms with Gasteiger partial charge in [-0.2, -0.15) is 0 Å². The van der Waals surface area contributed by atoms with E-state index in [4.69, 9.17) is 15.9 Å². The highest BCUT2D eigenvalue weighted by Gasteiger charge is 2.51. The van der Waals surface area contributed by atoms with Gasteiger partial charge in [0.25, 0.3) is 0 Å². The molecule has 3 rings (SSSR count). The highest BCUT2D eigenvalue weighted by atomic mass is 32.3. The van der Waals surface area contributed by atoms with Crippen LogP contribution in [-0.4, -0.2) is 72.0 Å². The van der Waals surface area contributed by atoms with Crippen LogP contribution in [0, 0.1) is 5.41 Å². The molecule has 9 heteroatoms. The van der Waals surface area contributed by atoms with Crippen molar-refractivity contribution in [3.8, 4) is 0 Å². The predicted octanol–water partition coefficient (Wildman–Crippen LogP) is 3.49. The number of amides is 3. The molecule has 1 aliphatic carbocycles. The Morgan fingerprint density at radius 1 is 1.20 bits per heavy atom. The van der Waals surface area contributed by atoms with E-state index in [9.17, 15) is 9.59 Å². The molecule has 0 aromatic heterocycles. The molecule has 194 valence electrons. The Morgan fingerprint density at radius 2 is 1.83 bits per heavy atom. The Bertz CT molecular complexity index is 996. The summed E-state index contributed by atoms with van der Waals surface area (Å²) >= 11 is 0. The molecular formula is C26H41N5O3S. The SMILES string of the molecule is COCCC(NC(=O)N1CC(C(=N)NC(=O)C2(S(C)(C)C)CCC2)=C(N)C1(C)C)c1ccccc1. The molecule has 1 heterocycles. The van der Waals surface area contributed by atoms with Crippen molar-refractivity contribution in [2.45, 2.75) is 55.9 Å². The van der Waals surface area contributed by atoms with Gasteiger partial charge in [0.05, 0.1) is 22.9 Å². The summed E-state index contributed by atoms with van der Waals surface area (Å²) in [6.07, 6.45) is 9.81. The third kappa shape index (κ3) is 5.21. The number of benzene rings is 1. The lowest BCUT2D eigenvalue weighted by Crippen LogP contribution is -2.55. The number of nitrogens with zero attached hydrogens (tertiary/aromatic N) is 1. The fourth-order valence-corrected chi connectivity index (χ4v) is 7.00. The number of rotatable bonds is 8. The first-order valence-corrected chi connectivity index (χ1v) is 14.9. The van der Waals surface area contributed by atoms with Crippen LogP contribution in [0.3, 0.4) is 0 Å². The number of hydrogen-bond acceptors (Lipinski definition) is 5. The molecule has 1 aromatic rings. The number of carbonyl (C=O) groups is 2. The van der Waals surface area contributed by atoms with Crippen LogP contribution < -0.4 is 16.4 Å². The molecule has 5 N–H and O–H groups in total. The first kappa shape index (κ1) is 27.1. The monoisotopic (exact) mass is 503 g/mol. The summed E-state index contributed by atoms with van der Waals surface area (Å²) in [5.74, 6) is -0.106. The standard InChI is InChI=1S/C26H41N5O3S/c1-25(2)21(27)19(22(28)30-23(32)26(14-10-15-26)35(4,5)6)17-31(25)24(33)29-20(13-16-34-3)18-11-8-7-9-12-18/h7-9,11-12,20H,10,13-17,27H2,1-6H3,(H,29,33)(H2,28,30,32). The molecule has 1 aliphatic heterocycles. The van der Waals surface area contributed by atoms with Gasteiger partial charge in [0.15, 0.2) is 0 Å². The van der Waals surface area contributed by atoms with Crippen molar-refractivity contribution in [2.24, 2.45) is 5.73 Å². The summed E-state index contributed by atoms with van der Waals surface area (Å²) in [6, 6.07) is 9.28. The number of methoxy groups -OCH3 is 1. The zero-order valence-electron chi connectivity index (χ0n) is 21.9. The number of nitrogens with two attached hydrogens (primary N) is 1. The van der Waals surface area contributed by atoms with Crippen LogP contribution >= 0.6 is 10.0 Å². The van der Waals surface area contributed by atoms with E-state index in [0.717, 1.165) is 24.8 Å². The lowest BCUT2D eigenvalue weighted by atomic mass is 9.83. The topological polar surface area (TPSA) is 121 Å². The van der Waals surface area contributed by atoms with Gasteiger partial charge in [-0.25, -0.2) is 14.8 Å². The lowest BCUT2D eigenvalue weighted by Gasteiger charge is -2.53. The summed E-state index contributed by atoms with van der Waals surface area (Å²) in [4.78, 5) is 28.3. The van der Waals surface area contributed by atoms with Gasteiger partial charge in [0.2, 0.25) is 5.91 Å². The molecular weight excluding hydrogens is 462 g/mol. The van der Waals surface area contributed by atoms with E-state index in [-0.39, 0.29) is 30.4 Å². The lowest BCUT2D eigenvalue weighted by molar-refractivity contribution is -0.124. The van der Waals surface area contributed by atoms with E-state index >= 15 is 0 Å². The molecule has 2 aliphatic rings. The molecule has 1 atom stereocenters. The van der Waals surface area contributed by atoms with Gasteiger partial charge in [-0.05, 0) is 63.9 Å². The van der Waals surface area contributed by atoms with Crippen LogP contribution in [0.1, 0.15) is 51.1 Å². The van der Waals surface area contributed by atoms with E-state index in [1.165, 1.54) is 0 Å². The van der Waals surface area contributed by atoms with E-state index in [1.54, 1.807) is 12.0 Å². The number of amidine groups is 1. The number of carbonyl (C=O) groups excluding carboxylic acids is 2. The van der Waals surface area contributed by atoms with Crippen molar-refractivity contribution in [3.63, 3.8) is 0 Å². The molecule has 0 spiro atoms. The van der Waals surface area contributed by atoms with Crippen LogP contribution in [-0.2, 0) is 9.53 Å². The number of hydrogen-bond donors (Lipinski definition) is 4. The van der Waals surface area contributed by atoms with Crippen molar-refractivity contribution < 1.29 is 14.3 Å². The first-order valence-electron chi connectivity index (χ1n) is 12.0. The van der Waals surface area contributed by atoms with E-state index in [0.29, 0.717) is 24.3 Å². The minimum atomic E-state index is -1.15. The molecule has 0 saturated heterocycles. The Hall–Kier alpha value is -2.52. The zero-order valence-corrected chi connectivity index (χ0v) is 22.7. The largest absolute Gasteiger partial charge is 0.400 e. The quantitative estimate of drug-likeness (QED) is 0.320. The first-order chi connectivity index (χ1) is 16.3. The molecule has 0 bridgehead atoms. The maximum Gasteiger partial charge on any atom is 0.318 e. The zero-order chi connectivity index (χ0) is 26.0. The molecule has 1 fully saturated rings. The summed E-state index contributed by atoms with van der Waals surface area (Å²) in [5.41, 5.74) is 7.58. The molecule has 8 nitrogen and oxygen atoms in total. The Balaban J connectivity index is 1.74.